The monoisotopic (exact) mass is 374 g/mol. The second-order valence-electron chi connectivity index (χ2n) is 6.34. The van der Waals surface area contributed by atoms with Crippen LogP contribution in [-0.4, -0.2) is 19.1 Å². The number of amides is 1. The third-order valence-electron chi connectivity index (χ3n) is 3.99. The van der Waals surface area contributed by atoms with Gasteiger partial charge in [0.15, 0.2) is 6.61 Å². The fourth-order valence-corrected chi connectivity index (χ4v) is 2.72. The lowest BCUT2D eigenvalue weighted by Crippen LogP contribution is -2.21. The van der Waals surface area contributed by atoms with Crippen molar-refractivity contribution < 1.29 is 9.53 Å². The lowest BCUT2D eigenvalue weighted by molar-refractivity contribution is -0.118. The van der Waals surface area contributed by atoms with E-state index in [0.29, 0.717) is 17.3 Å². The highest BCUT2D eigenvalue weighted by Gasteiger charge is 2.08. The van der Waals surface area contributed by atoms with Crippen LogP contribution >= 0.6 is 11.6 Å². The van der Waals surface area contributed by atoms with Gasteiger partial charge in [0.2, 0.25) is 0 Å². The Balaban J connectivity index is 1.87. The zero-order chi connectivity index (χ0) is 18.8. The van der Waals surface area contributed by atoms with Crippen LogP contribution in [-0.2, 0) is 11.3 Å². The summed E-state index contributed by atoms with van der Waals surface area (Å²) >= 11 is 6.10. The van der Waals surface area contributed by atoms with Crippen LogP contribution in [0.3, 0.4) is 0 Å². The quantitative estimate of drug-likeness (QED) is 0.579. The highest BCUT2D eigenvalue weighted by Crippen LogP contribution is 2.23. The number of halogens is 1. The zero-order valence-corrected chi connectivity index (χ0v) is 16.2. The molecule has 0 saturated heterocycles. The van der Waals surface area contributed by atoms with Crippen molar-refractivity contribution in [3.8, 4) is 5.75 Å². The van der Waals surface area contributed by atoms with Crippen molar-refractivity contribution in [1.82, 2.24) is 5.32 Å². The van der Waals surface area contributed by atoms with Crippen molar-refractivity contribution in [2.75, 3.05) is 18.5 Å². The number of benzene rings is 2. The van der Waals surface area contributed by atoms with Crippen molar-refractivity contribution in [1.29, 1.82) is 0 Å². The smallest absolute Gasteiger partial charge is 0.262 e. The standard InChI is InChI=1S/C21H27ClN2O2/c1-3-4-5-12-23-14-17-13-18(22)8-11-20(17)26-15-21(25)24-19-9-6-16(2)7-10-19/h6-11,13,23H,3-5,12,14-15H2,1-2H3,(H,24,25). The summed E-state index contributed by atoms with van der Waals surface area (Å²) in [5.74, 6) is 0.488. The second kappa shape index (κ2) is 10.8. The number of ether oxygens (including phenoxy) is 1. The molecule has 4 nitrogen and oxygen atoms in total. The molecule has 2 N–H and O–H groups in total. The Kier molecular flexibility index (Phi) is 8.45. The van der Waals surface area contributed by atoms with Crippen LogP contribution in [0, 0.1) is 6.92 Å². The minimum Gasteiger partial charge on any atom is -0.483 e. The van der Waals surface area contributed by atoms with Gasteiger partial charge in [-0.25, -0.2) is 0 Å². The summed E-state index contributed by atoms with van der Waals surface area (Å²) in [5, 5.41) is 6.89. The molecule has 0 fully saturated rings. The van der Waals surface area contributed by atoms with Crippen LogP contribution in [0.2, 0.25) is 5.02 Å². The molecule has 26 heavy (non-hydrogen) atoms. The van der Waals surface area contributed by atoms with Crippen LogP contribution < -0.4 is 15.4 Å². The number of nitrogens with one attached hydrogen (secondary N) is 2. The minimum absolute atomic E-state index is 0.0433. The lowest BCUT2D eigenvalue weighted by atomic mass is 10.2. The van der Waals surface area contributed by atoms with Crippen LogP contribution in [0.4, 0.5) is 5.69 Å². The molecule has 0 aliphatic rings. The van der Waals surface area contributed by atoms with Crippen molar-refractivity contribution in [3.63, 3.8) is 0 Å². The molecule has 0 aliphatic carbocycles. The van der Waals surface area contributed by atoms with Crippen molar-refractivity contribution in [2.45, 2.75) is 39.7 Å². The molecule has 2 aromatic rings. The van der Waals surface area contributed by atoms with E-state index in [-0.39, 0.29) is 12.5 Å². The van der Waals surface area contributed by atoms with E-state index in [9.17, 15) is 4.79 Å². The summed E-state index contributed by atoms with van der Waals surface area (Å²) in [4.78, 5) is 12.1. The van der Waals surface area contributed by atoms with Gasteiger partial charge in [0.25, 0.3) is 5.91 Å². The number of carbonyl (C=O) groups excluding carboxylic acids is 1. The summed E-state index contributed by atoms with van der Waals surface area (Å²) < 4.78 is 5.72. The third kappa shape index (κ3) is 7.06. The SMILES string of the molecule is CCCCCNCc1cc(Cl)ccc1OCC(=O)Nc1ccc(C)cc1. The van der Waals surface area contributed by atoms with Gasteiger partial charge in [-0.1, -0.05) is 49.1 Å². The Hall–Kier alpha value is -2.04. The van der Waals surface area contributed by atoms with E-state index in [1.807, 2.05) is 43.3 Å². The molecule has 0 spiro atoms. The predicted octanol–water partition coefficient (Wildman–Crippen LogP) is 4.95. The van der Waals surface area contributed by atoms with Gasteiger partial charge < -0.3 is 15.4 Å². The summed E-state index contributed by atoms with van der Waals surface area (Å²) in [6, 6.07) is 13.1. The topological polar surface area (TPSA) is 50.4 Å². The van der Waals surface area contributed by atoms with E-state index < -0.39 is 0 Å². The van der Waals surface area contributed by atoms with Crippen LogP contribution in [0.25, 0.3) is 0 Å². The molecule has 0 aliphatic heterocycles. The first kappa shape index (κ1) is 20.3. The average molecular weight is 375 g/mol. The molecule has 0 aromatic heterocycles. The molecule has 0 atom stereocenters. The maximum absolute atomic E-state index is 12.1. The molecule has 0 bridgehead atoms. The van der Waals surface area contributed by atoms with E-state index in [1.165, 1.54) is 12.8 Å². The number of hydrogen-bond donors (Lipinski definition) is 2. The number of hydrogen-bond acceptors (Lipinski definition) is 3. The molecule has 0 radical (unpaired) electrons. The normalized spacial score (nSPS) is 10.6. The largest absolute Gasteiger partial charge is 0.483 e. The fraction of sp³-hybridized carbons (Fsp3) is 0.381. The molecular weight excluding hydrogens is 348 g/mol. The zero-order valence-electron chi connectivity index (χ0n) is 15.5. The van der Waals surface area contributed by atoms with E-state index in [0.717, 1.165) is 29.8 Å². The Morgan fingerprint density at radius 2 is 1.88 bits per heavy atom. The van der Waals surface area contributed by atoms with Crippen LogP contribution in [0.5, 0.6) is 5.75 Å². The number of rotatable bonds is 10. The number of unbranched alkanes of at least 4 members (excludes halogenated alkanes) is 2. The number of anilines is 1. The van der Waals surface area contributed by atoms with Gasteiger partial charge in [0.1, 0.15) is 5.75 Å². The van der Waals surface area contributed by atoms with Gasteiger partial charge in [-0.15, -0.1) is 0 Å². The highest BCUT2D eigenvalue weighted by atomic mass is 35.5. The van der Waals surface area contributed by atoms with Gasteiger partial charge >= 0.3 is 0 Å². The fourth-order valence-electron chi connectivity index (χ4n) is 2.53. The molecule has 2 aromatic carbocycles. The summed E-state index contributed by atoms with van der Waals surface area (Å²) in [5.41, 5.74) is 2.87. The Morgan fingerprint density at radius 3 is 2.62 bits per heavy atom. The van der Waals surface area contributed by atoms with Crippen molar-refractivity contribution in [2.24, 2.45) is 0 Å². The van der Waals surface area contributed by atoms with Gasteiger partial charge in [-0.3, -0.25) is 4.79 Å². The number of carbonyl (C=O) groups is 1. The lowest BCUT2D eigenvalue weighted by Gasteiger charge is -2.13. The van der Waals surface area contributed by atoms with Gasteiger partial charge in [-0.05, 0) is 50.2 Å². The van der Waals surface area contributed by atoms with Gasteiger partial charge in [-0.2, -0.15) is 0 Å². The maximum atomic E-state index is 12.1. The molecule has 140 valence electrons. The Morgan fingerprint density at radius 1 is 1.12 bits per heavy atom. The number of aryl methyl sites for hydroxylation is 1. The van der Waals surface area contributed by atoms with Gasteiger partial charge in [0, 0.05) is 22.8 Å². The van der Waals surface area contributed by atoms with Crippen LogP contribution in [0.1, 0.15) is 37.3 Å². The van der Waals surface area contributed by atoms with E-state index in [2.05, 4.69) is 17.6 Å². The molecule has 5 heteroatoms. The van der Waals surface area contributed by atoms with E-state index in [1.54, 1.807) is 6.07 Å². The first-order valence-electron chi connectivity index (χ1n) is 9.07. The molecule has 2 rings (SSSR count). The second-order valence-corrected chi connectivity index (χ2v) is 6.78. The van der Waals surface area contributed by atoms with E-state index >= 15 is 0 Å². The van der Waals surface area contributed by atoms with Crippen molar-refractivity contribution >= 4 is 23.2 Å². The molecule has 0 heterocycles. The summed E-state index contributed by atoms with van der Waals surface area (Å²) in [7, 11) is 0. The third-order valence-corrected chi connectivity index (χ3v) is 4.22. The molecular formula is C21H27ClN2O2. The maximum Gasteiger partial charge on any atom is 0.262 e. The Bertz CT molecular complexity index is 702. The Labute approximate surface area is 160 Å². The summed E-state index contributed by atoms with van der Waals surface area (Å²) in [6.45, 7) is 5.77. The average Bonchev–Trinajstić information content (AvgIpc) is 2.63. The van der Waals surface area contributed by atoms with E-state index in [4.69, 9.17) is 16.3 Å². The van der Waals surface area contributed by atoms with Gasteiger partial charge in [0.05, 0.1) is 0 Å². The van der Waals surface area contributed by atoms with Crippen LogP contribution in [0.15, 0.2) is 42.5 Å². The van der Waals surface area contributed by atoms with Crippen molar-refractivity contribution in [3.05, 3.63) is 58.6 Å². The molecule has 1 amide bonds. The molecule has 0 saturated carbocycles. The molecule has 0 unspecified atom stereocenters. The minimum atomic E-state index is -0.189. The summed E-state index contributed by atoms with van der Waals surface area (Å²) in [6.07, 6.45) is 3.56. The predicted molar refractivity (Wildman–Crippen MR) is 108 cm³/mol. The highest BCUT2D eigenvalue weighted by molar-refractivity contribution is 6.30. The first-order valence-corrected chi connectivity index (χ1v) is 9.44. The first-order chi connectivity index (χ1) is 12.6.